The number of amides is 1. The molecule has 0 radical (unpaired) electrons. The number of hydrogen-bond acceptors (Lipinski definition) is 3. The van der Waals surface area contributed by atoms with Crippen LogP contribution in [0.5, 0.6) is 0 Å². The molecule has 4 nitrogen and oxygen atoms in total. The second-order valence-corrected chi connectivity index (χ2v) is 5.61. The maximum atomic E-state index is 11.8. The monoisotopic (exact) mass is 311 g/mol. The molecule has 1 amide bonds. The molecule has 2 N–H and O–H groups in total. The highest BCUT2D eigenvalue weighted by Crippen LogP contribution is 2.17. The van der Waals surface area contributed by atoms with E-state index >= 15 is 0 Å². The molecule has 2 heterocycles. The van der Waals surface area contributed by atoms with Gasteiger partial charge in [-0.2, -0.15) is 0 Å². The number of halogens is 1. The van der Waals surface area contributed by atoms with Gasteiger partial charge in [-0.15, -0.1) is 0 Å². The van der Waals surface area contributed by atoms with Crippen molar-refractivity contribution in [2.45, 2.75) is 25.7 Å². The third-order valence-corrected chi connectivity index (χ3v) is 3.60. The van der Waals surface area contributed by atoms with Crippen molar-refractivity contribution < 1.29 is 4.79 Å². The van der Waals surface area contributed by atoms with Crippen molar-refractivity contribution in [2.24, 2.45) is 5.92 Å². The number of carbonyl (C=O) groups is 1. The first-order chi connectivity index (χ1) is 8.74. The van der Waals surface area contributed by atoms with Crippen LogP contribution >= 0.6 is 15.9 Å². The minimum Gasteiger partial charge on any atom is -0.325 e. The van der Waals surface area contributed by atoms with Gasteiger partial charge in [0.25, 0.3) is 0 Å². The van der Waals surface area contributed by atoms with Crippen LogP contribution in [0.3, 0.4) is 0 Å². The normalized spacial score (nSPS) is 19.5. The average molecular weight is 312 g/mol. The summed E-state index contributed by atoms with van der Waals surface area (Å²) in [6.45, 7) is 2.16. The van der Waals surface area contributed by atoms with Crippen molar-refractivity contribution in [1.29, 1.82) is 0 Å². The van der Waals surface area contributed by atoms with Crippen LogP contribution in [-0.2, 0) is 4.79 Å². The Morgan fingerprint density at radius 3 is 3.17 bits per heavy atom. The zero-order valence-electron chi connectivity index (χ0n) is 10.3. The number of carbonyl (C=O) groups excluding carboxylic acids is 1. The van der Waals surface area contributed by atoms with E-state index < -0.39 is 0 Å². The predicted octanol–water partition coefficient (Wildman–Crippen LogP) is 2.56. The summed E-state index contributed by atoms with van der Waals surface area (Å²) in [5.41, 5.74) is 0.746. The molecule has 1 aliphatic rings. The number of nitrogens with one attached hydrogen (secondary N) is 2. The third kappa shape index (κ3) is 4.38. The molecule has 1 aromatic heterocycles. The summed E-state index contributed by atoms with van der Waals surface area (Å²) in [5.74, 6) is 0.714. The molecular formula is C13H18BrN3O. The van der Waals surface area contributed by atoms with Crippen LogP contribution in [-0.4, -0.2) is 24.0 Å². The number of rotatable bonds is 4. The summed E-state index contributed by atoms with van der Waals surface area (Å²) in [7, 11) is 0. The molecule has 2 rings (SSSR count). The third-order valence-electron chi connectivity index (χ3n) is 3.17. The van der Waals surface area contributed by atoms with E-state index in [0.717, 1.165) is 29.7 Å². The number of hydrogen-bond donors (Lipinski definition) is 2. The number of aromatic nitrogens is 1. The van der Waals surface area contributed by atoms with Crippen molar-refractivity contribution in [2.75, 3.05) is 18.4 Å². The van der Waals surface area contributed by atoms with Crippen LogP contribution < -0.4 is 10.6 Å². The number of pyridine rings is 1. The second kappa shape index (κ2) is 6.85. The van der Waals surface area contributed by atoms with Crippen LogP contribution in [0.25, 0.3) is 0 Å². The van der Waals surface area contributed by atoms with Gasteiger partial charge in [0.2, 0.25) is 5.91 Å². The molecule has 1 atom stereocenters. The highest BCUT2D eigenvalue weighted by atomic mass is 79.9. The van der Waals surface area contributed by atoms with Gasteiger partial charge in [-0.1, -0.05) is 0 Å². The molecule has 1 unspecified atom stereocenters. The highest BCUT2D eigenvalue weighted by molar-refractivity contribution is 9.10. The van der Waals surface area contributed by atoms with E-state index in [0.29, 0.717) is 12.3 Å². The number of nitrogens with zero attached hydrogens (tertiary/aromatic N) is 1. The van der Waals surface area contributed by atoms with Crippen molar-refractivity contribution in [1.82, 2.24) is 10.3 Å². The zero-order chi connectivity index (χ0) is 12.8. The van der Waals surface area contributed by atoms with Crippen LogP contribution in [0.4, 0.5) is 5.69 Å². The first-order valence-electron chi connectivity index (χ1n) is 6.35. The highest BCUT2D eigenvalue weighted by Gasteiger charge is 2.14. The Balaban J connectivity index is 1.74. The Hall–Kier alpha value is -0.940. The van der Waals surface area contributed by atoms with Gasteiger partial charge in [-0.05, 0) is 60.3 Å². The number of piperidine rings is 1. The fourth-order valence-corrected chi connectivity index (χ4v) is 2.57. The van der Waals surface area contributed by atoms with Gasteiger partial charge in [0.15, 0.2) is 0 Å². The molecule has 0 bridgehead atoms. The summed E-state index contributed by atoms with van der Waals surface area (Å²) in [5, 5.41) is 6.24. The van der Waals surface area contributed by atoms with E-state index in [-0.39, 0.29) is 5.91 Å². The smallest absolute Gasteiger partial charge is 0.224 e. The van der Waals surface area contributed by atoms with Gasteiger partial charge in [-0.25, -0.2) is 0 Å². The van der Waals surface area contributed by atoms with Gasteiger partial charge >= 0.3 is 0 Å². The van der Waals surface area contributed by atoms with Crippen molar-refractivity contribution in [3.8, 4) is 0 Å². The lowest BCUT2D eigenvalue weighted by Gasteiger charge is -2.22. The summed E-state index contributed by atoms with van der Waals surface area (Å²) < 4.78 is 0.872. The van der Waals surface area contributed by atoms with Gasteiger partial charge in [0.1, 0.15) is 0 Å². The Labute approximate surface area is 116 Å². The molecule has 1 fully saturated rings. The Morgan fingerprint density at radius 1 is 1.56 bits per heavy atom. The fraction of sp³-hybridized carbons (Fsp3) is 0.538. The lowest BCUT2D eigenvalue weighted by atomic mass is 9.94. The lowest BCUT2D eigenvalue weighted by molar-refractivity contribution is -0.116. The van der Waals surface area contributed by atoms with E-state index in [2.05, 4.69) is 31.5 Å². The van der Waals surface area contributed by atoms with Gasteiger partial charge < -0.3 is 10.6 Å². The average Bonchev–Trinajstić information content (AvgIpc) is 2.38. The van der Waals surface area contributed by atoms with Crippen LogP contribution in [0.1, 0.15) is 25.7 Å². The predicted molar refractivity (Wildman–Crippen MR) is 75.4 cm³/mol. The van der Waals surface area contributed by atoms with E-state index in [1.54, 1.807) is 12.4 Å². The van der Waals surface area contributed by atoms with Gasteiger partial charge in [-0.3, -0.25) is 9.78 Å². The lowest BCUT2D eigenvalue weighted by Crippen LogP contribution is -2.30. The van der Waals surface area contributed by atoms with E-state index in [1.165, 1.54) is 12.8 Å². The van der Waals surface area contributed by atoms with Crippen molar-refractivity contribution in [3.05, 3.63) is 22.9 Å². The van der Waals surface area contributed by atoms with Crippen molar-refractivity contribution >= 4 is 27.5 Å². The topological polar surface area (TPSA) is 54.0 Å². The number of anilines is 1. The van der Waals surface area contributed by atoms with Gasteiger partial charge in [0.05, 0.1) is 11.9 Å². The van der Waals surface area contributed by atoms with Crippen LogP contribution in [0.2, 0.25) is 0 Å². The summed E-state index contributed by atoms with van der Waals surface area (Å²) in [4.78, 5) is 15.8. The van der Waals surface area contributed by atoms with E-state index in [9.17, 15) is 4.79 Å². The molecule has 0 saturated carbocycles. The summed E-state index contributed by atoms with van der Waals surface area (Å²) >= 11 is 3.33. The maximum Gasteiger partial charge on any atom is 0.224 e. The summed E-state index contributed by atoms with van der Waals surface area (Å²) in [6, 6.07) is 1.85. The van der Waals surface area contributed by atoms with E-state index in [1.807, 2.05) is 6.07 Å². The van der Waals surface area contributed by atoms with Gasteiger partial charge in [0, 0.05) is 17.1 Å². The van der Waals surface area contributed by atoms with Crippen LogP contribution in [0, 0.1) is 5.92 Å². The van der Waals surface area contributed by atoms with Crippen molar-refractivity contribution in [3.63, 3.8) is 0 Å². The largest absolute Gasteiger partial charge is 0.325 e. The molecule has 1 aliphatic heterocycles. The molecule has 0 aliphatic carbocycles. The zero-order valence-corrected chi connectivity index (χ0v) is 11.9. The van der Waals surface area contributed by atoms with E-state index in [4.69, 9.17) is 0 Å². The molecule has 5 heteroatoms. The molecule has 0 spiro atoms. The molecule has 1 aromatic rings. The van der Waals surface area contributed by atoms with Crippen LogP contribution in [0.15, 0.2) is 22.9 Å². The fourth-order valence-electron chi connectivity index (χ4n) is 2.21. The molecule has 98 valence electrons. The maximum absolute atomic E-state index is 11.8. The standard InChI is InChI=1S/C13H18BrN3O/c14-11-6-12(9-16-8-11)17-13(18)4-3-10-2-1-5-15-7-10/h6,8-10,15H,1-5,7H2,(H,17,18). The molecule has 0 aromatic carbocycles. The first-order valence-corrected chi connectivity index (χ1v) is 7.14. The Bertz CT molecular complexity index is 405. The molecule has 1 saturated heterocycles. The molecule has 18 heavy (non-hydrogen) atoms. The SMILES string of the molecule is O=C(CCC1CCCNC1)Nc1cncc(Br)c1. The quantitative estimate of drug-likeness (QED) is 0.898. The second-order valence-electron chi connectivity index (χ2n) is 4.69. The summed E-state index contributed by atoms with van der Waals surface area (Å²) in [6.07, 6.45) is 7.36. The Kier molecular flexibility index (Phi) is 5.13. The molecular weight excluding hydrogens is 294 g/mol. The minimum absolute atomic E-state index is 0.0699. The first kappa shape index (κ1) is 13.5. The minimum atomic E-state index is 0.0699. The Morgan fingerprint density at radius 2 is 2.44 bits per heavy atom.